The summed E-state index contributed by atoms with van der Waals surface area (Å²) in [6.45, 7) is 2.89. The number of halogens is 1. The van der Waals surface area contributed by atoms with Gasteiger partial charge in [-0.1, -0.05) is 0 Å². The molecule has 0 bridgehead atoms. The van der Waals surface area contributed by atoms with Crippen molar-refractivity contribution in [3.63, 3.8) is 0 Å². The first-order valence-corrected chi connectivity index (χ1v) is 10.6. The van der Waals surface area contributed by atoms with E-state index in [1.165, 1.54) is 17.3 Å². The number of cyclic esters (lactones) is 1. The van der Waals surface area contributed by atoms with Crippen molar-refractivity contribution >= 4 is 23.6 Å². The van der Waals surface area contributed by atoms with Crippen LogP contribution in [0, 0.1) is 12.7 Å². The van der Waals surface area contributed by atoms with Gasteiger partial charge in [-0.25, -0.2) is 19.2 Å². The Labute approximate surface area is 186 Å². The lowest BCUT2D eigenvalue weighted by Gasteiger charge is -2.18. The summed E-state index contributed by atoms with van der Waals surface area (Å²) in [4.78, 5) is 37.7. The van der Waals surface area contributed by atoms with Crippen molar-refractivity contribution in [1.82, 2.24) is 20.3 Å². The van der Waals surface area contributed by atoms with Gasteiger partial charge in [-0.2, -0.15) is 0 Å². The molecule has 2 aromatic heterocycles. The number of pyridine rings is 1. The molecule has 0 spiro atoms. The third-order valence-electron chi connectivity index (χ3n) is 5.97. The highest BCUT2D eigenvalue weighted by molar-refractivity contribution is 5.94. The van der Waals surface area contributed by atoms with Crippen molar-refractivity contribution in [1.29, 1.82) is 0 Å². The summed E-state index contributed by atoms with van der Waals surface area (Å²) in [7, 11) is 0. The molecule has 172 valence electrons. The summed E-state index contributed by atoms with van der Waals surface area (Å²) in [5, 5.41) is 6.05. The van der Waals surface area contributed by atoms with Crippen LogP contribution in [-0.2, 0) is 22.4 Å². The number of amides is 2. The number of nitrogens with one attached hydrogen (secondary N) is 2. The van der Waals surface area contributed by atoms with Gasteiger partial charge in [-0.05, 0) is 50.3 Å². The third kappa shape index (κ3) is 3.95. The number of rotatable bonds is 6. The second-order valence-electron chi connectivity index (χ2n) is 8.19. The zero-order chi connectivity index (χ0) is 22.2. The van der Waals surface area contributed by atoms with E-state index < -0.39 is 6.09 Å². The van der Waals surface area contributed by atoms with Crippen molar-refractivity contribution < 1.29 is 26.3 Å². The molecular formula is C21H27FN6O4. The Kier molecular flexibility index (Phi) is 5.33. The highest BCUT2D eigenvalue weighted by atomic mass is 19.1. The first-order valence-electron chi connectivity index (χ1n) is 10.6. The number of carbonyl (C=O) groups excluding carboxylic acids is 2. The zero-order valence-corrected chi connectivity index (χ0v) is 17.6. The van der Waals surface area contributed by atoms with Gasteiger partial charge in [0.05, 0.1) is 18.9 Å². The van der Waals surface area contributed by atoms with Gasteiger partial charge in [0, 0.05) is 14.6 Å². The van der Waals surface area contributed by atoms with Crippen LogP contribution in [0.4, 0.5) is 20.8 Å². The Bertz CT molecular complexity index is 1060. The minimum Gasteiger partial charge on any atom is -0.465 e. The zero-order valence-electron chi connectivity index (χ0n) is 17.6. The van der Waals surface area contributed by atoms with E-state index in [1.807, 2.05) is 6.92 Å². The molecule has 2 aliphatic heterocycles. The fraction of sp³-hybridized carbons (Fsp3) is 0.476. The largest absolute Gasteiger partial charge is 0.465 e. The molecule has 1 fully saturated rings. The summed E-state index contributed by atoms with van der Waals surface area (Å²) in [6, 6.07) is 0.188. The molecule has 1 saturated heterocycles. The SMILES string of the molecule is Cc1ncc(F)c2c1CC(NCCCC1CN(c3cnc4c(n3)NC(=O)CO4)C(=O)O1)C2.[HH].[HH]. The number of hydrogen-bond donors (Lipinski definition) is 2. The molecule has 11 heteroatoms. The van der Waals surface area contributed by atoms with E-state index in [0.29, 0.717) is 25.2 Å². The van der Waals surface area contributed by atoms with Crippen molar-refractivity contribution in [3.05, 3.63) is 35.0 Å². The predicted molar refractivity (Wildman–Crippen MR) is 115 cm³/mol. The van der Waals surface area contributed by atoms with Gasteiger partial charge in [0.1, 0.15) is 11.9 Å². The van der Waals surface area contributed by atoms with Crippen molar-refractivity contribution in [3.8, 4) is 5.88 Å². The van der Waals surface area contributed by atoms with Crippen molar-refractivity contribution in [2.24, 2.45) is 0 Å². The molecule has 10 nitrogen and oxygen atoms in total. The molecule has 3 aliphatic rings. The summed E-state index contributed by atoms with van der Waals surface area (Å²) in [5.41, 5.74) is 2.67. The van der Waals surface area contributed by atoms with Gasteiger partial charge in [-0.3, -0.25) is 14.7 Å². The van der Waals surface area contributed by atoms with E-state index in [2.05, 4.69) is 25.6 Å². The van der Waals surface area contributed by atoms with Crippen LogP contribution in [0.1, 0.15) is 32.5 Å². The Morgan fingerprint density at radius 3 is 2.97 bits per heavy atom. The molecule has 32 heavy (non-hydrogen) atoms. The Morgan fingerprint density at radius 1 is 1.28 bits per heavy atom. The molecule has 0 aromatic carbocycles. The highest BCUT2D eigenvalue weighted by Crippen LogP contribution is 2.29. The Balaban J connectivity index is 0.00000162. The maximum absolute atomic E-state index is 14.0. The van der Waals surface area contributed by atoms with E-state index in [9.17, 15) is 14.0 Å². The van der Waals surface area contributed by atoms with Crippen LogP contribution >= 0.6 is 0 Å². The van der Waals surface area contributed by atoms with Gasteiger partial charge in [0.15, 0.2) is 18.2 Å². The van der Waals surface area contributed by atoms with Crippen LogP contribution in [0.5, 0.6) is 5.88 Å². The quantitative estimate of drug-likeness (QED) is 0.647. The normalized spacial score (nSPS) is 21.6. The van der Waals surface area contributed by atoms with Crippen LogP contribution in [0.15, 0.2) is 12.4 Å². The molecular weight excluding hydrogens is 419 g/mol. The molecule has 2 atom stereocenters. The average Bonchev–Trinajstić information content (AvgIpc) is 3.38. The third-order valence-corrected chi connectivity index (χ3v) is 5.97. The standard InChI is InChI=1S/C21H23FN6O4.2H2/c1-11-14-5-12(6-15(14)16(22)7-24-11)23-4-2-3-13-9-28(21(30)32-13)17-8-25-20-19(26-17)27-18(29)10-31-20;;/h7-8,12-13,23H,2-6,9-10H2,1H3,(H,26,27,29);2*1H. The monoisotopic (exact) mass is 446 g/mol. The van der Waals surface area contributed by atoms with E-state index >= 15 is 0 Å². The lowest BCUT2D eigenvalue weighted by atomic mass is 10.1. The second-order valence-corrected chi connectivity index (χ2v) is 8.19. The molecule has 2 amide bonds. The van der Waals surface area contributed by atoms with Crippen LogP contribution in [0.3, 0.4) is 0 Å². The number of aryl methyl sites for hydroxylation is 1. The summed E-state index contributed by atoms with van der Waals surface area (Å²) >= 11 is 0. The molecule has 1 aliphatic carbocycles. The average molecular weight is 446 g/mol. The number of fused-ring (bicyclic) bond motifs is 2. The molecule has 4 heterocycles. The predicted octanol–water partition coefficient (Wildman–Crippen LogP) is 2.00. The topological polar surface area (TPSA) is 119 Å². The van der Waals surface area contributed by atoms with Gasteiger partial charge >= 0.3 is 6.09 Å². The van der Waals surface area contributed by atoms with Crippen LogP contribution in [-0.4, -0.2) is 58.8 Å². The Hall–Kier alpha value is -3.34. The fourth-order valence-corrected chi connectivity index (χ4v) is 4.36. The maximum Gasteiger partial charge on any atom is 0.415 e. The summed E-state index contributed by atoms with van der Waals surface area (Å²) in [5.74, 6) is 0.166. The highest BCUT2D eigenvalue weighted by Gasteiger charge is 2.34. The maximum atomic E-state index is 14.0. The Morgan fingerprint density at radius 2 is 2.12 bits per heavy atom. The lowest BCUT2D eigenvalue weighted by molar-refractivity contribution is -0.118. The van der Waals surface area contributed by atoms with Gasteiger partial charge < -0.3 is 20.1 Å². The van der Waals surface area contributed by atoms with Crippen molar-refractivity contribution in [2.75, 3.05) is 29.9 Å². The van der Waals surface area contributed by atoms with Gasteiger partial charge in [-0.15, -0.1) is 0 Å². The first-order chi connectivity index (χ1) is 15.5. The molecule has 5 rings (SSSR count). The molecule has 2 unspecified atom stereocenters. The van der Waals surface area contributed by atoms with Crippen LogP contribution in [0.2, 0.25) is 0 Å². The number of hydrogen-bond acceptors (Lipinski definition) is 8. The molecule has 2 aromatic rings. The minimum atomic E-state index is -0.495. The van der Waals surface area contributed by atoms with Gasteiger partial charge in [0.2, 0.25) is 0 Å². The van der Waals surface area contributed by atoms with Crippen LogP contribution < -0.4 is 20.3 Å². The van der Waals surface area contributed by atoms with Gasteiger partial charge in [0.25, 0.3) is 11.8 Å². The van der Waals surface area contributed by atoms with E-state index in [4.69, 9.17) is 9.47 Å². The first kappa shape index (κ1) is 20.6. The molecule has 0 radical (unpaired) electrons. The number of ether oxygens (including phenoxy) is 2. The fourth-order valence-electron chi connectivity index (χ4n) is 4.36. The van der Waals surface area contributed by atoms with E-state index in [0.717, 1.165) is 36.2 Å². The van der Waals surface area contributed by atoms with Crippen LogP contribution in [0.25, 0.3) is 0 Å². The van der Waals surface area contributed by atoms with Crippen molar-refractivity contribution in [2.45, 2.75) is 44.8 Å². The second kappa shape index (κ2) is 8.30. The molecule has 2 N–H and O–H groups in total. The smallest absolute Gasteiger partial charge is 0.415 e. The number of carbonyl (C=O) groups is 2. The summed E-state index contributed by atoms with van der Waals surface area (Å²) < 4.78 is 24.6. The minimum absolute atomic E-state index is 0. The number of anilines is 2. The molecule has 0 saturated carbocycles. The van der Waals surface area contributed by atoms with E-state index in [-0.39, 0.29) is 45.0 Å². The lowest BCUT2D eigenvalue weighted by Crippen LogP contribution is -2.31. The summed E-state index contributed by atoms with van der Waals surface area (Å²) in [6.07, 6.45) is 4.88. The number of nitrogens with zero attached hydrogens (tertiary/aromatic N) is 4. The number of aromatic nitrogens is 3. The van der Waals surface area contributed by atoms with E-state index in [1.54, 1.807) is 0 Å².